The second-order valence-electron chi connectivity index (χ2n) is 7.05. The predicted octanol–water partition coefficient (Wildman–Crippen LogP) is 2.52. The normalized spacial score (nSPS) is 16.9. The summed E-state index contributed by atoms with van der Waals surface area (Å²) in [5, 5.41) is 2.76. The zero-order chi connectivity index (χ0) is 21.3. The Kier molecular flexibility index (Phi) is 5.72. The molecule has 1 aliphatic heterocycles. The maximum atomic E-state index is 13.3. The Morgan fingerprint density at radius 1 is 1.28 bits per heavy atom. The molecule has 1 heterocycles. The maximum Gasteiger partial charge on any atom is 0.243 e. The zero-order valence-electron chi connectivity index (χ0n) is 16.3. The van der Waals surface area contributed by atoms with Gasteiger partial charge in [-0.3, -0.25) is 9.59 Å². The molecule has 2 aromatic rings. The number of sulfonamides is 1. The smallest absolute Gasteiger partial charge is 0.243 e. The Bertz CT molecular complexity index is 1070. The number of halogens is 1. The van der Waals surface area contributed by atoms with E-state index < -0.39 is 34.3 Å². The molecule has 3 rings (SSSR count). The highest BCUT2D eigenvalue weighted by molar-refractivity contribution is 7.89. The van der Waals surface area contributed by atoms with Crippen LogP contribution in [-0.4, -0.2) is 44.2 Å². The summed E-state index contributed by atoms with van der Waals surface area (Å²) >= 11 is 0. The van der Waals surface area contributed by atoms with Crippen LogP contribution in [0.3, 0.4) is 0 Å². The fourth-order valence-corrected chi connectivity index (χ4v) is 4.71. The Labute approximate surface area is 169 Å². The van der Waals surface area contributed by atoms with Gasteiger partial charge in [-0.05, 0) is 49.7 Å². The van der Waals surface area contributed by atoms with Crippen molar-refractivity contribution in [1.82, 2.24) is 4.31 Å². The quantitative estimate of drug-likeness (QED) is 0.825. The average molecular weight is 419 g/mol. The molecular formula is C20H22FN3O4S. The first-order chi connectivity index (χ1) is 13.6. The Hall–Kier alpha value is -2.78. The van der Waals surface area contributed by atoms with Crippen molar-refractivity contribution in [1.29, 1.82) is 0 Å². The summed E-state index contributed by atoms with van der Waals surface area (Å²) in [5.41, 5.74) is 1.27. The van der Waals surface area contributed by atoms with E-state index in [0.717, 1.165) is 16.4 Å². The van der Waals surface area contributed by atoms with E-state index in [4.69, 9.17) is 0 Å². The molecule has 0 radical (unpaired) electrons. The summed E-state index contributed by atoms with van der Waals surface area (Å²) in [7, 11) is -2.70. The fourth-order valence-electron chi connectivity index (χ4n) is 3.39. The number of fused-ring (bicyclic) bond motifs is 1. The first-order valence-corrected chi connectivity index (χ1v) is 10.5. The summed E-state index contributed by atoms with van der Waals surface area (Å²) in [6.45, 7) is 2.81. The lowest BCUT2D eigenvalue weighted by molar-refractivity contribution is -0.119. The van der Waals surface area contributed by atoms with E-state index in [1.165, 1.54) is 24.9 Å². The van der Waals surface area contributed by atoms with Crippen LogP contribution in [0.25, 0.3) is 0 Å². The van der Waals surface area contributed by atoms with Gasteiger partial charge < -0.3 is 10.2 Å². The summed E-state index contributed by atoms with van der Waals surface area (Å²) < 4.78 is 40.1. The molecule has 0 saturated heterocycles. The molecule has 0 aromatic heterocycles. The number of carbonyl (C=O) groups is 2. The van der Waals surface area contributed by atoms with Crippen LogP contribution in [0.5, 0.6) is 0 Å². The van der Waals surface area contributed by atoms with E-state index in [9.17, 15) is 22.4 Å². The molecule has 1 aliphatic rings. The van der Waals surface area contributed by atoms with Gasteiger partial charge in [0, 0.05) is 19.5 Å². The van der Waals surface area contributed by atoms with Crippen molar-refractivity contribution in [2.45, 2.75) is 31.2 Å². The van der Waals surface area contributed by atoms with Gasteiger partial charge in [0.25, 0.3) is 0 Å². The van der Waals surface area contributed by atoms with Crippen LogP contribution >= 0.6 is 0 Å². The number of aryl methyl sites for hydroxylation is 1. The molecule has 1 atom stereocenters. The lowest BCUT2D eigenvalue weighted by atomic mass is 10.1. The summed E-state index contributed by atoms with van der Waals surface area (Å²) in [6, 6.07) is 9.81. The Morgan fingerprint density at radius 2 is 1.97 bits per heavy atom. The number of nitrogens with zero attached hydrogens (tertiary/aromatic N) is 2. The summed E-state index contributed by atoms with van der Waals surface area (Å²) in [5.74, 6) is -1.22. The maximum absolute atomic E-state index is 13.3. The van der Waals surface area contributed by atoms with Gasteiger partial charge in [0.2, 0.25) is 21.8 Å². The zero-order valence-corrected chi connectivity index (χ0v) is 17.2. The standard InChI is InChI=1S/C20H22FN3O4S/c1-13-10-15(21)8-9-18(13)29(27,28)23(3)12-20(26)24-14(2)11-19(25)22-16-6-4-5-7-17(16)24/h4-10,14H,11-12H2,1-3H3,(H,22,25). The minimum absolute atomic E-state index is 0.0599. The number of amides is 2. The predicted molar refractivity (Wildman–Crippen MR) is 108 cm³/mol. The molecule has 1 N–H and O–H groups in total. The van der Waals surface area contributed by atoms with Gasteiger partial charge in [0.15, 0.2) is 0 Å². The number of likely N-dealkylation sites (N-methyl/N-ethyl adjacent to an activating group) is 1. The SMILES string of the molecule is Cc1cc(F)ccc1S(=O)(=O)N(C)CC(=O)N1c2ccccc2NC(=O)CC1C. The second kappa shape index (κ2) is 7.92. The number of anilines is 2. The number of hydrogen-bond acceptors (Lipinski definition) is 4. The van der Waals surface area contributed by atoms with Crippen LogP contribution in [0.15, 0.2) is 47.4 Å². The molecule has 154 valence electrons. The van der Waals surface area contributed by atoms with E-state index in [-0.39, 0.29) is 22.8 Å². The largest absolute Gasteiger partial charge is 0.324 e. The van der Waals surface area contributed by atoms with Gasteiger partial charge in [-0.1, -0.05) is 12.1 Å². The first-order valence-electron chi connectivity index (χ1n) is 9.04. The molecule has 0 fully saturated rings. The van der Waals surface area contributed by atoms with Crippen molar-refractivity contribution < 1.29 is 22.4 Å². The van der Waals surface area contributed by atoms with E-state index in [1.807, 2.05) is 0 Å². The Balaban J connectivity index is 1.90. The average Bonchev–Trinajstić information content (AvgIpc) is 2.75. The van der Waals surface area contributed by atoms with Crippen LogP contribution in [0, 0.1) is 12.7 Å². The number of hydrogen-bond donors (Lipinski definition) is 1. The molecule has 2 amide bonds. The van der Waals surface area contributed by atoms with Gasteiger partial charge in [0.05, 0.1) is 22.8 Å². The number of rotatable bonds is 4. The van der Waals surface area contributed by atoms with E-state index in [1.54, 1.807) is 31.2 Å². The number of benzene rings is 2. The van der Waals surface area contributed by atoms with Crippen molar-refractivity contribution in [2.75, 3.05) is 23.8 Å². The third-order valence-electron chi connectivity index (χ3n) is 4.81. The summed E-state index contributed by atoms with van der Waals surface area (Å²) in [6.07, 6.45) is 0.0912. The van der Waals surface area contributed by atoms with Crippen LogP contribution in [-0.2, 0) is 19.6 Å². The van der Waals surface area contributed by atoms with E-state index in [2.05, 4.69) is 5.32 Å². The third kappa shape index (κ3) is 4.15. The summed E-state index contributed by atoms with van der Waals surface area (Å²) in [4.78, 5) is 26.5. The van der Waals surface area contributed by atoms with Crippen molar-refractivity contribution in [3.63, 3.8) is 0 Å². The molecule has 1 unspecified atom stereocenters. The van der Waals surface area contributed by atoms with Gasteiger partial charge in [-0.15, -0.1) is 0 Å². The highest BCUT2D eigenvalue weighted by atomic mass is 32.2. The molecule has 0 saturated carbocycles. The lowest BCUT2D eigenvalue weighted by Crippen LogP contribution is -2.45. The first kappa shape index (κ1) is 20.9. The molecule has 2 aromatic carbocycles. The van der Waals surface area contributed by atoms with Crippen LogP contribution in [0.2, 0.25) is 0 Å². The third-order valence-corrected chi connectivity index (χ3v) is 6.77. The van der Waals surface area contributed by atoms with Crippen LogP contribution < -0.4 is 10.2 Å². The second-order valence-corrected chi connectivity index (χ2v) is 9.07. The van der Waals surface area contributed by atoms with Gasteiger partial charge in [0.1, 0.15) is 5.82 Å². The lowest BCUT2D eigenvalue weighted by Gasteiger charge is -2.29. The minimum atomic E-state index is -4.00. The van der Waals surface area contributed by atoms with Crippen molar-refractivity contribution >= 4 is 33.2 Å². The van der Waals surface area contributed by atoms with Crippen molar-refractivity contribution in [3.8, 4) is 0 Å². The van der Waals surface area contributed by atoms with Crippen molar-refractivity contribution in [2.24, 2.45) is 0 Å². The number of para-hydroxylation sites is 2. The molecule has 7 nitrogen and oxygen atoms in total. The van der Waals surface area contributed by atoms with E-state index >= 15 is 0 Å². The Morgan fingerprint density at radius 3 is 2.66 bits per heavy atom. The van der Waals surface area contributed by atoms with Gasteiger partial charge in [-0.2, -0.15) is 4.31 Å². The van der Waals surface area contributed by atoms with Gasteiger partial charge >= 0.3 is 0 Å². The topological polar surface area (TPSA) is 86.8 Å². The molecule has 0 bridgehead atoms. The fraction of sp³-hybridized carbons (Fsp3) is 0.300. The van der Waals surface area contributed by atoms with Crippen molar-refractivity contribution in [3.05, 3.63) is 53.8 Å². The number of nitrogens with one attached hydrogen (secondary N) is 1. The monoisotopic (exact) mass is 419 g/mol. The molecular weight excluding hydrogens is 397 g/mol. The van der Waals surface area contributed by atoms with E-state index in [0.29, 0.717) is 11.4 Å². The van der Waals surface area contributed by atoms with Crippen LogP contribution in [0.1, 0.15) is 18.9 Å². The minimum Gasteiger partial charge on any atom is -0.324 e. The van der Waals surface area contributed by atoms with Crippen LogP contribution in [0.4, 0.5) is 15.8 Å². The molecule has 9 heteroatoms. The van der Waals surface area contributed by atoms with Gasteiger partial charge in [-0.25, -0.2) is 12.8 Å². The highest BCUT2D eigenvalue weighted by Crippen LogP contribution is 2.31. The molecule has 0 spiro atoms. The number of carbonyl (C=O) groups excluding carboxylic acids is 2. The highest BCUT2D eigenvalue weighted by Gasteiger charge is 2.32. The molecule has 29 heavy (non-hydrogen) atoms. The molecule has 0 aliphatic carbocycles.